The zero-order valence-electron chi connectivity index (χ0n) is 16.6. The summed E-state index contributed by atoms with van der Waals surface area (Å²) in [6, 6.07) is 28.2. The molecule has 5 heteroatoms. The van der Waals surface area contributed by atoms with Crippen molar-refractivity contribution in [1.29, 1.82) is 5.26 Å². The van der Waals surface area contributed by atoms with E-state index in [1.807, 2.05) is 18.2 Å². The van der Waals surface area contributed by atoms with Gasteiger partial charge >= 0.3 is 0 Å². The average molecular weight is 394 g/mol. The van der Waals surface area contributed by atoms with Gasteiger partial charge in [-0.25, -0.2) is 9.67 Å². The predicted octanol–water partition coefficient (Wildman–Crippen LogP) is 4.32. The highest BCUT2D eigenvalue weighted by Gasteiger charge is 2.14. The molecular formula is C25H22N4O. The van der Waals surface area contributed by atoms with Crippen LogP contribution in [0.15, 0.2) is 78.9 Å². The van der Waals surface area contributed by atoms with Gasteiger partial charge < -0.3 is 5.11 Å². The van der Waals surface area contributed by atoms with Crippen LogP contribution in [0.3, 0.4) is 0 Å². The molecule has 3 aromatic carbocycles. The number of aliphatic hydroxyl groups excluding tert-OH is 1. The second-order valence-corrected chi connectivity index (χ2v) is 7.11. The van der Waals surface area contributed by atoms with Crippen LogP contribution in [0.2, 0.25) is 0 Å². The van der Waals surface area contributed by atoms with E-state index in [-0.39, 0.29) is 6.61 Å². The molecule has 0 unspecified atom stereocenters. The fraction of sp³-hybridized carbons (Fsp3) is 0.160. The monoisotopic (exact) mass is 394 g/mol. The van der Waals surface area contributed by atoms with E-state index in [2.05, 4.69) is 59.7 Å². The molecule has 0 aliphatic carbocycles. The molecule has 5 nitrogen and oxygen atoms in total. The van der Waals surface area contributed by atoms with E-state index in [0.29, 0.717) is 24.2 Å². The van der Waals surface area contributed by atoms with Gasteiger partial charge in [0.05, 0.1) is 17.3 Å². The minimum absolute atomic E-state index is 0.0992. The van der Waals surface area contributed by atoms with Gasteiger partial charge in [-0.05, 0) is 42.2 Å². The van der Waals surface area contributed by atoms with Crippen LogP contribution in [0.4, 0.5) is 0 Å². The molecule has 0 atom stereocenters. The Hall–Kier alpha value is -3.75. The fourth-order valence-corrected chi connectivity index (χ4v) is 3.38. The highest BCUT2D eigenvalue weighted by atomic mass is 16.2. The van der Waals surface area contributed by atoms with Crippen LogP contribution in [0.1, 0.15) is 28.9 Å². The lowest BCUT2D eigenvalue weighted by atomic mass is 10.0. The fourth-order valence-electron chi connectivity index (χ4n) is 3.38. The quantitative estimate of drug-likeness (QED) is 0.506. The maximum atomic E-state index is 9.25. The van der Waals surface area contributed by atoms with Gasteiger partial charge in [0.25, 0.3) is 0 Å². The molecule has 0 saturated heterocycles. The molecule has 148 valence electrons. The number of aliphatic hydroxyl groups is 1. The van der Waals surface area contributed by atoms with Crippen molar-refractivity contribution in [1.82, 2.24) is 14.8 Å². The normalized spacial score (nSPS) is 10.7. The third-order valence-electron chi connectivity index (χ3n) is 4.89. The van der Waals surface area contributed by atoms with E-state index in [0.717, 1.165) is 23.5 Å². The van der Waals surface area contributed by atoms with Crippen molar-refractivity contribution >= 4 is 0 Å². The number of nitriles is 1. The second-order valence-electron chi connectivity index (χ2n) is 7.11. The number of aromatic nitrogens is 3. The molecule has 30 heavy (non-hydrogen) atoms. The molecule has 0 spiro atoms. The molecule has 0 aliphatic heterocycles. The van der Waals surface area contributed by atoms with Crippen LogP contribution in [-0.4, -0.2) is 26.5 Å². The van der Waals surface area contributed by atoms with Gasteiger partial charge in [-0.1, -0.05) is 60.7 Å². The summed E-state index contributed by atoms with van der Waals surface area (Å²) in [6.45, 7) is 0.0992. The van der Waals surface area contributed by atoms with Crippen LogP contribution in [0, 0.1) is 11.3 Å². The lowest BCUT2D eigenvalue weighted by Gasteiger charge is -2.08. The van der Waals surface area contributed by atoms with Gasteiger partial charge in [0.15, 0.2) is 11.6 Å². The number of nitrogens with zero attached hydrogens (tertiary/aromatic N) is 4. The molecule has 1 N–H and O–H groups in total. The molecule has 0 fully saturated rings. The number of rotatable bonds is 7. The molecule has 0 amide bonds. The highest BCUT2D eigenvalue weighted by Crippen LogP contribution is 2.23. The Bertz CT molecular complexity index is 1160. The zero-order chi connectivity index (χ0) is 20.8. The van der Waals surface area contributed by atoms with E-state index in [4.69, 9.17) is 10.1 Å². The molecule has 1 heterocycles. The first kappa shape index (κ1) is 19.6. The topological polar surface area (TPSA) is 74.7 Å². The van der Waals surface area contributed by atoms with Crippen LogP contribution in [0.25, 0.3) is 17.1 Å². The Balaban J connectivity index is 1.68. The van der Waals surface area contributed by atoms with Crippen LogP contribution >= 0.6 is 0 Å². The summed E-state index contributed by atoms with van der Waals surface area (Å²) in [4.78, 5) is 4.72. The standard InChI is InChI=1S/C25H22N4O/c26-18-21-8-4-9-23(17-21)29-25(27-24(28-29)10-5-15-30)22-13-11-20(12-14-22)16-19-6-2-1-3-7-19/h1-4,6-9,11-14,17,30H,5,10,15-16H2. The van der Waals surface area contributed by atoms with Gasteiger partial charge in [0, 0.05) is 18.6 Å². The van der Waals surface area contributed by atoms with Crippen molar-refractivity contribution in [3.05, 3.63) is 101 Å². The largest absolute Gasteiger partial charge is 0.396 e. The zero-order valence-corrected chi connectivity index (χ0v) is 16.6. The first-order chi connectivity index (χ1) is 14.8. The predicted molar refractivity (Wildman–Crippen MR) is 116 cm³/mol. The lowest BCUT2D eigenvalue weighted by Crippen LogP contribution is -2.01. The highest BCUT2D eigenvalue weighted by molar-refractivity contribution is 5.59. The molecule has 1 aromatic heterocycles. The summed E-state index contributed by atoms with van der Waals surface area (Å²) < 4.78 is 1.78. The smallest absolute Gasteiger partial charge is 0.163 e. The number of aryl methyl sites for hydroxylation is 1. The number of benzene rings is 3. The van der Waals surface area contributed by atoms with Crippen LogP contribution in [0.5, 0.6) is 0 Å². The van der Waals surface area contributed by atoms with E-state index >= 15 is 0 Å². The molecule has 0 radical (unpaired) electrons. The maximum absolute atomic E-state index is 9.25. The second kappa shape index (κ2) is 9.17. The molecule has 0 bridgehead atoms. The van der Waals surface area contributed by atoms with Crippen molar-refractivity contribution in [2.75, 3.05) is 6.61 Å². The van der Waals surface area contributed by atoms with Crippen molar-refractivity contribution in [3.8, 4) is 23.1 Å². The van der Waals surface area contributed by atoms with Crippen molar-refractivity contribution in [2.24, 2.45) is 0 Å². The maximum Gasteiger partial charge on any atom is 0.163 e. The molecule has 4 aromatic rings. The van der Waals surface area contributed by atoms with E-state index < -0.39 is 0 Å². The van der Waals surface area contributed by atoms with Gasteiger partial charge in [-0.3, -0.25) is 0 Å². The summed E-state index contributed by atoms with van der Waals surface area (Å²) in [5.74, 6) is 1.40. The van der Waals surface area contributed by atoms with Crippen LogP contribution < -0.4 is 0 Å². The lowest BCUT2D eigenvalue weighted by molar-refractivity contribution is 0.287. The minimum Gasteiger partial charge on any atom is -0.396 e. The SMILES string of the molecule is N#Cc1cccc(-n2nc(CCCO)nc2-c2ccc(Cc3ccccc3)cc2)c1. The Morgan fingerprint density at radius 1 is 0.900 bits per heavy atom. The molecular weight excluding hydrogens is 372 g/mol. The molecule has 0 aliphatic rings. The van der Waals surface area contributed by atoms with Gasteiger partial charge in [-0.15, -0.1) is 0 Å². The third kappa shape index (κ3) is 4.45. The Morgan fingerprint density at radius 3 is 2.40 bits per heavy atom. The minimum atomic E-state index is 0.0992. The first-order valence-corrected chi connectivity index (χ1v) is 9.97. The van der Waals surface area contributed by atoms with E-state index in [1.54, 1.807) is 16.8 Å². The summed E-state index contributed by atoms with van der Waals surface area (Å²) >= 11 is 0. The van der Waals surface area contributed by atoms with Gasteiger partial charge in [0.1, 0.15) is 0 Å². The van der Waals surface area contributed by atoms with E-state index in [9.17, 15) is 5.26 Å². The average Bonchev–Trinajstić information content (AvgIpc) is 3.23. The van der Waals surface area contributed by atoms with Gasteiger partial charge in [0.2, 0.25) is 0 Å². The van der Waals surface area contributed by atoms with Crippen molar-refractivity contribution in [3.63, 3.8) is 0 Å². The number of hydrogen-bond donors (Lipinski definition) is 1. The summed E-state index contributed by atoms with van der Waals surface area (Å²) in [6.07, 6.45) is 2.08. The number of hydrogen-bond acceptors (Lipinski definition) is 4. The third-order valence-corrected chi connectivity index (χ3v) is 4.89. The Labute approximate surface area is 175 Å². The van der Waals surface area contributed by atoms with Crippen LogP contribution in [-0.2, 0) is 12.8 Å². The van der Waals surface area contributed by atoms with E-state index in [1.165, 1.54) is 11.1 Å². The summed E-state index contributed by atoms with van der Waals surface area (Å²) in [7, 11) is 0. The summed E-state index contributed by atoms with van der Waals surface area (Å²) in [5.41, 5.74) is 4.82. The van der Waals surface area contributed by atoms with Crippen molar-refractivity contribution in [2.45, 2.75) is 19.3 Å². The van der Waals surface area contributed by atoms with Gasteiger partial charge in [-0.2, -0.15) is 10.4 Å². The Morgan fingerprint density at radius 2 is 1.67 bits per heavy atom. The Kier molecular flexibility index (Phi) is 5.98. The summed E-state index contributed by atoms with van der Waals surface area (Å²) in [5, 5.41) is 23.0. The molecule has 0 saturated carbocycles. The first-order valence-electron chi connectivity index (χ1n) is 9.97. The molecule has 4 rings (SSSR count). The van der Waals surface area contributed by atoms with Crippen molar-refractivity contribution < 1.29 is 5.11 Å².